The predicted octanol–water partition coefficient (Wildman–Crippen LogP) is 1.93. The van der Waals surface area contributed by atoms with E-state index in [0.717, 1.165) is 0 Å². The summed E-state index contributed by atoms with van der Waals surface area (Å²) in [6, 6.07) is 18.8. The molecule has 0 radical (unpaired) electrons. The van der Waals surface area contributed by atoms with Crippen molar-refractivity contribution in [1.82, 2.24) is 0 Å². The number of carbonyl (C=O) groups is 1. The first kappa shape index (κ1) is 12.9. The molecular formula is C14H16N2O. The lowest BCUT2D eigenvalue weighted by atomic mass is 10.2. The van der Waals surface area contributed by atoms with E-state index in [9.17, 15) is 4.79 Å². The molecule has 2 aromatic rings. The van der Waals surface area contributed by atoms with Gasteiger partial charge in [0.05, 0.1) is 0 Å². The zero-order valence-electron chi connectivity index (χ0n) is 9.54. The summed E-state index contributed by atoms with van der Waals surface area (Å²) in [7, 11) is 0. The molecule has 4 N–H and O–H groups in total. The molecule has 0 aliphatic rings. The van der Waals surface area contributed by atoms with Crippen LogP contribution in [-0.2, 0) is 6.54 Å². The molecule has 0 heterocycles. The van der Waals surface area contributed by atoms with Crippen molar-refractivity contribution in [3.05, 3.63) is 71.8 Å². The molecule has 3 heteroatoms. The molecule has 0 aromatic heterocycles. The summed E-state index contributed by atoms with van der Waals surface area (Å²) in [6.45, 7) is 0.640. The van der Waals surface area contributed by atoms with Crippen LogP contribution < -0.4 is 11.5 Å². The topological polar surface area (TPSA) is 69.1 Å². The number of amides is 1. The van der Waals surface area contributed by atoms with Gasteiger partial charge in [0.2, 0.25) is 5.91 Å². The zero-order chi connectivity index (χ0) is 12.5. The van der Waals surface area contributed by atoms with Crippen molar-refractivity contribution in [1.29, 1.82) is 0 Å². The van der Waals surface area contributed by atoms with Gasteiger partial charge < -0.3 is 11.5 Å². The Kier molecular flexibility index (Phi) is 5.47. The van der Waals surface area contributed by atoms with Crippen molar-refractivity contribution in [2.45, 2.75) is 6.54 Å². The summed E-state index contributed by atoms with van der Waals surface area (Å²) >= 11 is 0. The van der Waals surface area contributed by atoms with Gasteiger partial charge in [-0.3, -0.25) is 4.79 Å². The highest BCUT2D eigenvalue weighted by Gasteiger charge is 1.93. The van der Waals surface area contributed by atoms with Crippen molar-refractivity contribution in [3.8, 4) is 0 Å². The van der Waals surface area contributed by atoms with Crippen molar-refractivity contribution in [2.24, 2.45) is 11.5 Å². The fourth-order valence-electron chi connectivity index (χ4n) is 1.22. The largest absolute Gasteiger partial charge is 0.366 e. The highest BCUT2D eigenvalue weighted by molar-refractivity contribution is 5.92. The summed E-state index contributed by atoms with van der Waals surface area (Å²) in [6.07, 6.45) is 0. The number of hydrogen-bond acceptors (Lipinski definition) is 2. The van der Waals surface area contributed by atoms with E-state index in [1.165, 1.54) is 5.56 Å². The summed E-state index contributed by atoms with van der Waals surface area (Å²) in [5.74, 6) is -0.379. The van der Waals surface area contributed by atoms with E-state index >= 15 is 0 Å². The van der Waals surface area contributed by atoms with E-state index in [-0.39, 0.29) is 5.91 Å². The molecule has 88 valence electrons. The number of hydrogen-bond donors (Lipinski definition) is 2. The summed E-state index contributed by atoms with van der Waals surface area (Å²) in [4.78, 5) is 10.4. The average Bonchev–Trinajstić information content (AvgIpc) is 2.41. The van der Waals surface area contributed by atoms with E-state index in [2.05, 4.69) is 0 Å². The summed E-state index contributed by atoms with van der Waals surface area (Å²) in [5.41, 5.74) is 12.1. The van der Waals surface area contributed by atoms with Gasteiger partial charge in [-0.1, -0.05) is 48.5 Å². The molecule has 0 spiro atoms. The van der Waals surface area contributed by atoms with Gasteiger partial charge in [-0.15, -0.1) is 0 Å². The van der Waals surface area contributed by atoms with Gasteiger partial charge in [-0.05, 0) is 17.7 Å². The van der Waals surface area contributed by atoms with Gasteiger partial charge >= 0.3 is 0 Å². The van der Waals surface area contributed by atoms with E-state index in [1.54, 1.807) is 24.3 Å². The third-order valence-electron chi connectivity index (χ3n) is 2.14. The molecule has 0 atom stereocenters. The molecular weight excluding hydrogens is 212 g/mol. The van der Waals surface area contributed by atoms with Gasteiger partial charge in [-0.2, -0.15) is 0 Å². The lowest BCUT2D eigenvalue weighted by molar-refractivity contribution is 0.100. The van der Waals surface area contributed by atoms with Gasteiger partial charge in [0.15, 0.2) is 0 Å². The maximum Gasteiger partial charge on any atom is 0.248 e. The van der Waals surface area contributed by atoms with E-state index < -0.39 is 0 Å². The molecule has 0 saturated heterocycles. The molecule has 1 amide bonds. The second-order valence-electron chi connectivity index (χ2n) is 3.42. The lowest BCUT2D eigenvalue weighted by Gasteiger charge is -1.90. The predicted molar refractivity (Wildman–Crippen MR) is 69.3 cm³/mol. The second-order valence-corrected chi connectivity index (χ2v) is 3.42. The lowest BCUT2D eigenvalue weighted by Crippen LogP contribution is -2.09. The van der Waals surface area contributed by atoms with Crippen LogP contribution in [0.5, 0.6) is 0 Å². The molecule has 0 bridgehead atoms. The molecule has 0 fully saturated rings. The molecule has 2 rings (SSSR count). The Labute approximate surface area is 101 Å². The first-order chi connectivity index (χ1) is 8.24. The van der Waals surface area contributed by atoms with E-state index in [0.29, 0.717) is 12.1 Å². The first-order valence-electron chi connectivity index (χ1n) is 5.33. The normalized spacial score (nSPS) is 9.00. The standard InChI is InChI=1S/C7H7NO.C7H9N/c8-7(9)6-4-2-1-3-5-6;8-6-7-4-2-1-3-5-7/h1-5H,(H2,8,9);1-5H,6,8H2. The number of rotatable bonds is 2. The van der Waals surface area contributed by atoms with Crippen molar-refractivity contribution in [3.63, 3.8) is 0 Å². The van der Waals surface area contributed by atoms with Crippen LogP contribution in [0.3, 0.4) is 0 Å². The van der Waals surface area contributed by atoms with Crippen LogP contribution in [0.25, 0.3) is 0 Å². The number of nitrogens with two attached hydrogens (primary N) is 2. The minimum atomic E-state index is -0.379. The minimum Gasteiger partial charge on any atom is -0.366 e. The van der Waals surface area contributed by atoms with E-state index in [1.807, 2.05) is 36.4 Å². The Morgan fingerprint density at radius 2 is 1.35 bits per heavy atom. The van der Waals surface area contributed by atoms with Crippen LogP contribution in [0.15, 0.2) is 60.7 Å². The van der Waals surface area contributed by atoms with Crippen molar-refractivity contribution >= 4 is 5.91 Å². The smallest absolute Gasteiger partial charge is 0.248 e. The fourth-order valence-corrected chi connectivity index (χ4v) is 1.22. The monoisotopic (exact) mass is 228 g/mol. The van der Waals surface area contributed by atoms with Crippen LogP contribution >= 0.6 is 0 Å². The maximum absolute atomic E-state index is 10.4. The number of primary amides is 1. The fraction of sp³-hybridized carbons (Fsp3) is 0.0714. The highest BCUT2D eigenvalue weighted by atomic mass is 16.1. The van der Waals surface area contributed by atoms with Gasteiger partial charge in [0, 0.05) is 12.1 Å². The Hall–Kier alpha value is -2.13. The Bertz CT molecular complexity index is 440. The van der Waals surface area contributed by atoms with E-state index in [4.69, 9.17) is 11.5 Å². The van der Waals surface area contributed by atoms with Gasteiger partial charge in [0.25, 0.3) is 0 Å². The Morgan fingerprint density at radius 3 is 1.65 bits per heavy atom. The van der Waals surface area contributed by atoms with Gasteiger partial charge in [-0.25, -0.2) is 0 Å². The Morgan fingerprint density at radius 1 is 0.882 bits per heavy atom. The average molecular weight is 228 g/mol. The van der Waals surface area contributed by atoms with Crippen LogP contribution in [0.2, 0.25) is 0 Å². The van der Waals surface area contributed by atoms with Crippen LogP contribution in [0, 0.1) is 0 Å². The summed E-state index contributed by atoms with van der Waals surface area (Å²) < 4.78 is 0. The highest BCUT2D eigenvalue weighted by Crippen LogP contribution is 1.95. The van der Waals surface area contributed by atoms with Crippen molar-refractivity contribution < 1.29 is 4.79 Å². The number of carbonyl (C=O) groups excluding carboxylic acids is 1. The molecule has 0 aliphatic carbocycles. The summed E-state index contributed by atoms with van der Waals surface area (Å²) in [5, 5.41) is 0. The molecule has 0 aliphatic heterocycles. The van der Waals surface area contributed by atoms with Gasteiger partial charge in [0.1, 0.15) is 0 Å². The molecule has 3 nitrogen and oxygen atoms in total. The third kappa shape index (κ3) is 4.95. The number of benzene rings is 2. The molecule has 17 heavy (non-hydrogen) atoms. The SMILES string of the molecule is NC(=O)c1ccccc1.NCc1ccccc1. The van der Waals surface area contributed by atoms with Crippen LogP contribution in [-0.4, -0.2) is 5.91 Å². The van der Waals surface area contributed by atoms with Crippen LogP contribution in [0.1, 0.15) is 15.9 Å². The molecule has 0 unspecified atom stereocenters. The Balaban J connectivity index is 0.000000171. The third-order valence-corrected chi connectivity index (χ3v) is 2.14. The minimum absolute atomic E-state index is 0.379. The first-order valence-corrected chi connectivity index (χ1v) is 5.33. The molecule has 0 saturated carbocycles. The zero-order valence-corrected chi connectivity index (χ0v) is 9.54. The maximum atomic E-state index is 10.4. The second kappa shape index (κ2) is 7.19. The quantitative estimate of drug-likeness (QED) is 0.824. The van der Waals surface area contributed by atoms with Crippen molar-refractivity contribution in [2.75, 3.05) is 0 Å². The molecule has 2 aromatic carbocycles. The van der Waals surface area contributed by atoms with Crippen LogP contribution in [0.4, 0.5) is 0 Å².